The van der Waals surface area contributed by atoms with Gasteiger partial charge in [-0.25, -0.2) is 0 Å². The second-order valence-electron chi connectivity index (χ2n) is 5.68. The fourth-order valence-corrected chi connectivity index (χ4v) is 2.70. The Morgan fingerprint density at radius 2 is 1.90 bits per heavy atom. The van der Waals surface area contributed by atoms with Crippen LogP contribution in [-0.4, -0.2) is 25.5 Å². The maximum atomic E-state index is 12.9. The molecule has 2 aromatic carbocycles. The summed E-state index contributed by atoms with van der Waals surface area (Å²) in [6, 6.07) is 8.08. The minimum Gasteiger partial charge on any atom is -0.493 e. The molecule has 154 valence electrons. The third-order valence-corrected chi connectivity index (χ3v) is 4.22. The summed E-state index contributed by atoms with van der Waals surface area (Å²) in [4.78, 5) is 22.8. The number of hydrogen-bond donors (Lipinski definition) is 2. The number of alkyl halides is 3. The van der Waals surface area contributed by atoms with Gasteiger partial charge < -0.3 is 20.5 Å². The molecular weight excluding hydrogens is 457 g/mol. The third-order valence-electron chi connectivity index (χ3n) is 3.52. The van der Waals surface area contributed by atoms with E-state index in [1.165, 1.54) is 31.4 Å². The first-order chi connectivity index (χ1) is 13.6. The van der Waals surface area contributed by atoms with E-state index in [9.17, 15) is 22.8 Å². The first-order valence-corrected chi connectivity index (χ1v) is 8.84. The van der Waals surface area contributed by atoms with Crippen molar-refractivity contribution in [3.8, 4) is 11.5 Å². The van der Waals surface area contributed by atoms with Crippen molar-refractivity contribution in [2.45, 2.75) is 6.18 Å². The predicted molar refractivity (Wildman–Crippen MR) is 104 cm³/mol. The number of carbonyl (C=O) groups excluding carboxylic acids is 2. The highest BCUT2D eigenvalue weighted by molar-refractivity contribution is 9.10. The van der Waals surface area contributed by atoms with E-state index in [1.54, 1.807) is 12.1 Å². The smallest absolute Gasteiger partial charge is 0.417 e. The lowest BCUT2D eigenvalue weighted by atomic mass is 10.1. The molecule has 0 saturated carbocycles. The summed E-state index contributed by atoms with van der Waals surface area (Å²) in [5.74, 6) is -0.651. The number of carbonyl (C=O) groups is 2. The van der Waals surface area contributed by atoms with E-state index in [1.807, 2.05) is 0 Å². The molecule has 0 aliphatic heterocycles. The first kappa shape index (κ1) is 22.3. The molecule has 0 saturated heterocycles. The largest absolute Gasteiger partial charge is 0.493 e. The van der Waals surface area contributed by atoms with Crippen LogP contribution in [0.25, 0.3) is 6.08 Å². The number of hydrogen-bond acceptors (Lipinski definition) is 4. The molecule has 0 spiro atoms. The van der Waals surface area contributed by atoms with E-state index in [0.717, 1.165) is 12.1 Å². The Morgan fingerprint density at radius 1 is 1.17 bits per heavy atom. The van der Waals surface area contributed by atoms with Gasteiger partial charge in [-0.1, -0.05) is 22.0 Å². The van der Waals surface area contributed by atoms with Crippen LogP contribution in [-0.2, 0) is 15.8 Å². The lowest BCUT2D eigenvalue weighted by molar-refractivity contribution is -0.138. The van der Waals surface area contributed by atoms with Crippen molar-refractivity contribution in [1.82, 2.24) is 0 Å². The van der Waals surface area contributed by atoms with E-state index < -0.39 is 23.6 Å². The van der Waals surface area contributed by atoms with Crippen molar-refractivity contribution in [1.29, 1.82) is 0 Å². The highest BCUT2D eigenvalue weighted by Gasteiger charge is 2.33. The number of halogens is 4. The molecule has 3 N–H and O–H groups in total. The fraction of sp³-hybridized carbons (Fsp3) is 0.158. The quantitative estimate of drug-likeness (QED) is 0.596. The van der Waals surface area contributed by atoms with Gasteiger partial charge in [0.1, 0.15) is 0 Å². The molecule has 0 heterocycles. The van der Waals surface area contributed by atoms with Gasteiger partial charge in [0.05, 0.1) is 12.7 Å². The molecule has 0 bridgehead atoms. The maximum absolute atomic E-state index is 12.9. The fourth-order valence-electron chi connectivity index (χ4n) is 2.23. The molecule has 2 aromatic rings. The minimum atomic E-state index is -4.55. The van der Waals surface area contributed by atoms with Crippen molar-refractivity contribution in [2.75, 3.05) is 19.0 Å². The van der Waals surface area contributed by atoms with Gasteiger partial charge in [0.15, 0.2) is 18.1 Å². The minimum absolute atomic E-state index is 0.00274. The zero-order valence-corrected chi connectivity index (χ0v) is 16.6. The van der Waals surface area contributed by atoms with Gasteiger partial charge in [-0.3, -0.25) is 9.59 Å². The van der Waals surface area contributed by atoms with Crippen LogP contribution in [0.3, 0.4) is 0 Å². The lowest BCUT2D eigenvalue weighted by Gasteiger charge is -2.11. The van der Waals surface area contributed by atoms with Gasteiger partial charge in [-0.15, -0.1) is 0 Å². The van der Waals surface area contributed by atoms with Crippen LogP contribution in [0.5, 0.6) is 11.5 Å². The Labute approximate surface area is 172 Å². The van der Waals surface area contributed by atoms with E-state index in [2.05, 4.69) is 21.2 Å². The standard InChI is InChI=1S/C19H16BrF3N2O4/c1-28-16-8-11(2-6-15(16)29-10-17(24)26)3-7-18(27)25-12-4-5-14(20)13(9-12)19(21,22)23/h2-9H,10H2,1H3,(H2,24,26)(H,25,27)/b7-3+. The van der Waals surface area contributed by atoms with Crippen LogP contribution in [0.15, 0.2) is 46.9 Å². The molecule has 2 amide bonds. The number of nitrogens with two attached hydrogens (primary N) is 1. The Balaban J connectivity index is 2.10. The summed E-state index contributed by atoms with van der Waals surface area (Å²) in [6.07, 6.45) is -1.95. The number of primary amides is 1. The number of rotatable bonds is 7. The second kappa shape index (κ2) is 9.46. The summed E-state index contributed by atoms with van der Waals surface area (Å²) >= 11 is 2.84. The van der Waals surface area contributed by atoms with Crippen LogP contribution in [0.2, 0.25) is 0 Å². The van der Waals surface area contributed by atoms with Crippen LogP contribution in [0.4, 0.5) is 18.9 Å². The summed E-state index contributed by atoms with van der Waals surface area (Å²) in [5.41, 5.74) is 4.70. The van der Waals surface area contributed by atoms with Gasteiger partial charge >= 0.3 is 6.18 Å². The third kappa shape index (κ3) is 6.53. The Hall–Kier alpha value is -3.01. The zero-order chi connectivity index (χ0) is 21.6. The molecule has 6 nitrogen and oxygen atoms in total. The van der Waals surface area contributed by atoms with Crippen molar-refractivity contribution in [3.63, 3.8) is 0 Å². The molecular formula is C19H16BrF3N2O4. The van der Waals surface area contributed by atoms with Gasteiger partial charge in [-0.2, -0.15) is 13.2 Å². The Kier molecular flexibility index (Phi) is 7.27. The SMILES string of the molecule is COc1cc(/C=C/C(=O)Nc2ccc(Br)c(C(F)(F)F)c2)ccc1OCC(N)=O. The molecule has 0 unspecified atom stereocenters. The number of methoxy groups -OCH3 is 1. The maximum Gasteiger partial charge on any atom is 0.417 e. The summed E-state index contributed by atoms with van der Waals surface area (Å²) in [7, 11) is 1.40. The average Bonchev–Trinajstić information content (AvgIpc) is 2.65. The van der Waals surface area contributed by atoms with Crippen LogP contribution < -0.4 is 20.5 Å². The topological polar surface area (TPSA) is 90.7 Å². The summed E-state index contributed by atoms with van der Waals surface area (Å²) in [5, 5.41) is 2.37. The normalized spacial score (nSPS) is 11.3. The molecule has 2 rings (SSSR count). The van der Waals surface area contributed by atoms with Crippen molar-refractivity contribution >= 4 is 39.5 Å². The monoisotopic (exact) mass is 472 g/mol. The molecule has 29 heavy (non-hydrogen) atoms. The van der Waals surface area contributed by atoms with E-state index in [0.29, 0.717) is 17.1 Å². The van der Waals surface area contributed by atoms with Crippen molar-refractivity contribution in [2.24, 2.45) is 5.73 Å². The molecule has 0 radical (unpaired) electrons. The number of amides is 2. The van der Waals surface area contributed by atoms with Gasteiger partial charge in [0, 0.05) is 16.2 Å². The molecule has 10 heteroatoms. The number of anilines is 1. The highest BCUT2D eigenvalue weighted by atomic mass is 79.9. The number of ether oxygens (including phenoxy) is 2. The van der Waals surface area contributed by atoms with Crippen LogP contribution in [0.1, 0.15) is 11.1 Å². The van der Waals surface area contributed by atoms with Gasteiger partial charge in [0.2, 0.25) is 5.91 Å². The van der Waals surface area contributed by atoms with Gasteiger partial charge in [0.25, 0.3) is 5.91 Å². The molecule has 0 aliphatic carbocycles. The zero-order valence-electron chi connectivity index (χ0n) is 15.0. The molecule has 0 aromatic heterocycles. The first-order valence-electron chi connectivity index (χ1n) is 8.05. The van der Waals surface area contributed by atoms with Crippen LogP contribution in [0, 0.1) is 0 Å². The molecule has 0 fully saturated rings. The molecule has 0 atom stereocenters. The highest BCUT2D eigenvalue weighted by Crippen LogP contribution is 2.36. The summed E-state index contributed by atoms with van der Waals surface area (Å²) < 4.78 is 49.0. The molecule has 0 aliphatic rings. The van der Waals surface area contributed by atoms with Crippen molar-refractivity contribution in [3.05, 3.63) is 58.1 Å². The van der Waals surface area contributed by atoms with E-state index in [-0.39, 0.29) is 16.8 Å². The number of nitrogens with one attached hydrogen (secondary N) is 1. The van der Waals surface area contributed by atoms with E-state index >= 15 is 0 Å². The predicted octanol–water partition coefficient (Wildman–Crippen LogP) is 3.99. The second-order valence-corrected chi connectivity index (χ2v) is 6.53. The average molecular weight is 473 g/mol. The lowest BCUT2D eigenvalue weighted by Crippen LogP contribution is -2.20. The van der Waals surface area contributed by atoms with Crippen molar-refractivity contribution < 1.29 is 32.2 Å². The summed E-state index contributed by atoms with van der Waals surface area (Å²) in [6.45, 7) is -0.318. The van der Waals surface area contributed by atoms with Gasteiger partial charge in [-0.05, 0) is 42.0 Å². The van der Waals surface area contributed by atoms with E-state index in [4.69, 9.17) is 15.2 Å². The van der Waals surface area contributed by atoms with Crippen LogP contribution >= 0.6 is 15.9 Å². The number of benzene rings is 2. The Bertz CT molecular complexity index is 946. The Morgan fingerprint density at radius 3 is 2.52 bits per heavy atom.